The Morgan fingerprint density at radius 2 is 1.77 bits per heavy atom. The molecule has 0 bridgehead atoms. The minimum atomic E-state index is -0.182. The van der Waals surface area contributed by atoms with E-state index >= 15 is 0 Å². The lowest BCUT2D eigenvalue weighted by Gasteiger charge is -2.44. The van der Waals surface area contributed by atoms with Crippen molar-refractivity contribution >= 4 is 10.8 Å². The van der Waals surface area contributed by atoms with Crippen molar-refractivity contribution in [1.29, 1.82) is 5.26 Å². The number of fused-ring (bicyclic) bond motifs is 1. The van der Waals surface area contributed by atoms with Crippen molar-refractivity contribution in [3.05, 3.63) is 83.2 Å². The van der Waals surface area contributed by atoms with E-state index in [1.54, 1.807) is 12.1 Å². The van der Waals surface area contributed by atoms with Gasteiger partial charge in [-0.1, -0.05) is 43.3 Å². The van der Waals surface area contributed by atoms with E-state index in [0.29, 0.717) is 5.56 Å². The van der Waals surface area contributed by atoms with Crippen molar-refractivity contribution < 1.29 is 4.39 Å². The van der Waals surface area contributed by atoms with E-state index in [-0.39, 0.29) is 11.2 Å². The van der Waals surface area contributed by atoms with Crippen LogP contribution in [0.1, 0.15) is 36.5 Å². The summed E-state index contributed by atoms with van der Waals surface area (Å²) in [5, 5.41) is 11.8. The van der Waals surface area contributed by atoms with E-state index in [9.17, 15) is 9.65 Å². The molecule has 0 aliphatic carbocycles. The summed E-state index contributed by atoms with van der Waals surface area (Å²) in [7, 11) is 2.17. The van der Waals surface area contributed by atoms with Crippen molar-refractivity contribution in [2.75, 3.05) is 33.2 Å². The lowest BCUT2D eigenvalue weighted by molar-refractivity contribution is 0.129. The average molecular weight is 416 g/mol. The maximum absolute atomic E-state index is 13.6. The molecule has 1 aliphatic heterocycles. The van der Waals surface area contributed by atoms with E-state index in [4.69, 9.17) is 0 Å². The van der Waals surface area contributed by atoms with Crippen LogP contribution in [0.4, 0.5) is 4.39 Å². The molecule has 0 amide bonds. The summed E-state index contributed by atoms with van der Waals surface area (Å²) in [5.41, 5.74) is 3.14. The lowest BCUT2D eigenvalue weighted by Crippen LogP contribution is -2.48. The van der Waals surface area contributed by atoms with Crippen molar-refractivity contribution in [3.63, 3.8) is 0 Å². The number of benzene rings is 3. The number of nitriles is 1. The van der Waals surface area contributed by atoms with E-state index < -0.39 is 0 Å². The van der Waals surface area contributed by atoms with Gasteiger partial charge in [-0.2, -0.15) is 5.26 Å². The standard InChI is InChI=1S/C27H30FN3/c1-3-31(19-23-17-21(18-29)16-22-6-4-5-7-26(22)23)20-27(12-14-30(2)15-13-27)24-8-10-25(28)11-9-24/h4-11,16-17H,3,12-15,19-20H2,1-2H3. The van der Waals surface area contributed by atoms with Gasteiger partial charge in [0.2, 0.25) is 0 Å². The van der Waals surface area contributed by atoms with Gasteiger partial charge in [0.1, 0.15) is 5.82 Å². The van der Waals surface area contributed by atoms with E-state index in [1.165, 1.54) is 16.5 Å². The van der Waals surface area contributed by atoms with E-state index in [1.807, 2.05) is 30.3 Å². The zero-order valence-electron chi connectivity index (χ0n) is 18.4. The van der Waals surface area contributed by atoms with Gasteiger partial charge >= 0.3 is 0 Å². The fourth-order valence-electron chi connectivity index (χ4n) is 4.92. The van der Waals surface area contributed by atoms with Crippen LogP contribution >= 0.6 is 0 Å². The second kappa shape index (κ2) is 9.18. The topological polar surface area (TPSA) is 30.3 Å². The molecule has 0 radical (unpaired) electrons. The first-order valence-corrected chi connectivity index (χ1v) is 11.1. The SMILES string of the molecule is CCN(Cc1cc(C#N)cc2ccccc12)CC1(c2ccc(F)cc2)CCN(C)CC1. The van der Waals surface area contributed by atoms with Crippen LogP contribution in [0.15, 0.2) is 60.7 Å². The number of hydrogen-bond donors (Lipinski definition) is 0. The van der Waals surface area contributed by atoms with Gasteiger partial charge in [-0.05, 0) is 85.7 Å². The van der Waals surface area contributed by atoms with Gasteiger partial charge in [-0.25, -0.2) is 4.39 Å². The van der Waals surface area contributed by atoms with Crippen molar-refractivity contribution in [2.45, 2.75) is 31.7 Å². The predicted molar refractivity (Wildman–Crippen MR) is 124 cm³/mol. The van der Waals surface area contributed by atoms with Crippen molar-refractivity contribution in [1.82, 2.24) is 9.80 Å². The lowest BCUT2D eigenvalue weighted by atomic mass is 9.72. The molecule has 1 heterocycles. The summed E-state index contributed by atoms with van der Waals surface area (Å²) in [6, 6.07) is 21.7. The highest BCUT2D eigenvalue weighted by molar-refractivity contribution is 5.87. The molecule has 3 nitrogen and oxygen atoms in total. The summed E-state index contributed by atoms with van der Waals surface area (Å²) in [5.74, 6) is -0.182. The fourth-order valence-corrected chi connectivity index (χ4v) is 4.92. The molecule has 3 aromatic rings. The number of piperidine rings is 1. The Balaban J connectivity index is 1.66. The van der Waals surface area contributed by atoms with Gasteiger partial charge in [-0.15, -0.1) is 0 Å². The van der Waals surface area contributed by atoms with Gasteiger partial charge in [-0.3, -0.25) is 4.90 Å². The second-order valence-electron chi connectivity index (χ2n) is 8.86. The Kier molecular flexibility index (Phi) is 6.36. The largest absolute Gasteiger partial charge is 0.306 e. The predicted octanol–water partition coefficient (Wildman–Crippen LogP) is 5.34. The van der Waals surface area contributed by atoms with Crippen LogP contribution in [0.25, 0.3) is 10.8 Å². The second-order valence-corrected chi connectivity index (χ2v) is 8.86. The molecular formula is C27H30FN3. The smallest absolute Gasteiger partial charge is 0.123 e. The first-order valence-electron chi connectivity index (χ1n) is 11.1. The summed E-state index contributed by atoms with van der Waals surface area (Å²) in [6.45, 7) is 6.93. The minimum Gasteiger partial charge on any atom is -0.306 e. The first kappa shape index (κ1) is 21.5. The highest BCUT2D eigenvalue weighted by Gasteiger charge is 2.37. The normalized spacial score (nSPS) is 16.5. The van der Waals surface area contributed by atoms with E-state index in [2.05, 4.69) is 48.0 Å². The number of hydrogen-bond acceptors (Lipinski definition) is 3. The number of nitrogens with zero attached hydrogens (tertiary/aromatic N) is 3. The van der Waals surface area contributed by atoms with Crippen LogP contribution in [0.5, 0.6) is 0 Å². The Morgan fingerprint density at radius 3 is 2.45 bits per heavy atom. The third-order valence-corrected chi connectivity index (χ3v) is 6.84. The monoisotopic (exact) mass is 415 g/mol. The van der Waals surface area contributed by atoms with Crippen LogP contribution < -0.4 is 0 Å². The van der Waals surface area contributed by atoms with Gasteiger partial charge in [0.15, 0.2) is 0 Å². The van der Waals surface area contributed by atoms with Crippen LogP contribution in [0.3, 0.4) is 0 Å². The Hall–Kier alpha value is -2.74. The summed E-state index contributed by atoms with van der Waals surface area (Å²) >= 11 is 0. The summed E-state index contributed by atoms with van der Waals surface area (Å²) < 4.78 is 13.6. The fraction of sp³-hybridized carbons (Fsp3) is 0.370. The van der Waals surface area contributed by atoms with Crippen LogP contribution in [-0.2, 0) is 12.0 Å². The van der Waals surface area contributed by atoms with Crippen LogP contribution in [0, 0.1) is 17.1 Å². The molecule has 1 aliphatic rings. The molecule has 0 N–H and O–H groups in total. The molecule has 1 saturated heterocycles. The number of halogens is 1. The molecule has 0 saturated carbocycles. The molecule has 160 valence electrons. The maximum atomic E-state index is 13.6. The average Bonchev–Trinajstić information content (AvgIpc) is 2.80. The molecule has 0 spiro atoms. The number of likely N-dealkylation sites (N-methyl/N-ethyl adjacent to an activating group) is 1. The Labute approximate surface area is 184 Å². The van der Waals surface area contributed by atoms with E-state index in [0.717, 1.165) is 51.0 Å². The zero-order valence-corrected chi connectivity index (χ0v) is 18.4. The van der Waals surface area contributed by atoms with Crippen molar-refractivity contribution in [3.8, 4) is 6.07 Å². The Morgan fingerprint density at radius 1 is 1.06 bits per heavy atom. The molecular weight excluding hydrogens is 385 g/mol. The van der Waals surface area contributed by atoms with Gasteiger partial charge in [0.25, 0.3) is 0 Å². The third kappa shape index (κ3) is 4.63. The molecule has 1 fully saturated rings. The first-order chi connectivity index (χ1) is 15.0. The summed E-state index contributed by atoms with van der Waals surface area (Å²) in [4.78, 5) is 4.86. The molecule has 31 heavy (non-hydrogen) atoms. The molecule has 4 rings (SSSR count). The molecule has 0 atom stereocenters. The van der Waals surface area contributed by atoms with Gasteiger partial charge < -0.3 is 4.90 Å². The highest BCUT2D eigenvalue weighted by Crippen LogP contribution is 2.37. The van der Waals surface area contributed by atoms with Crippen molar-refractivity contribution in [2.24, 2.45) is 0 Å². The third-order valence-electron chi connectivity index (χ3n) is 6.84. The van der Waals surface area contributed by atoms with Gasteiger partial charge in [0.05, 0.1) is 11.6 Å². The number of rotatable bonds is 6. The summed E-state index contributed by atoms with van der Waals surface area (Å²) in [6.07, 6.45) is 2.12. The van der Waals surface area contributed by atoms with Crippen LogP contribution in [0.2, 0.25) is 0 Å². The molecule has 0 aromatic heterocycles. The molecule has 0 unspecified atom stereocenters. The van der Waals surface area contributed by atoms with Crippen LogP contribution in [-0.4, -0.2) is 43.0 Å². The highest BCUT2D eigenvalue weighted by atomic mass is 19.1. The Bertz CT molecular complexity index is 1080. The molecule has 4 heteroatoms. The van der Waals surface area contributed by atoms with Gasteiger partial charge in [0, 0.05) is 18.5 Å². The maximum Gasteiger partial charge on any atom is 0.123 e. The zero-order chi connectivity index (χ0) is 21.8. The number of likely N-dealkylation sites (tertiary alicyclic amines) is 1. The molecule has 3 aromatic carbocycles. The quantitative estimate of drug-likeness (QED) is 0.545. The minimum absolute atomic E-state index is 0.0128.